The minimum absolute atomic E-state index is 0.151. The Bertz CT molecular complexity index is 895. The molecule has 1 aliphatic carbocycles. The SMILES string of the molecule is FC1(F)CCN(c2nc(Nc3cc(C4CCC4)ccn3)cc(C3CCNCC3)n2)C1. The molecule has 5 rings (SSSR count). The van der Waals surface area contributed by atoms with Crippen LogP contribution in [0.1, 0.15) is 61.6 Å². The van der Waals surface area contributed by atoms with Gasteiger partial charge in [0, 0.05) is 31.1 Å². The van der Waals surface area contributed by atoms with Gasteiger partial charge in [0.15, 0.2) is 0 Å². The Balaban J connectivity index is 1.43. The molecule has 0 unspecified atom stereocenters. The van der Waals surface area contributed by atoms with Gasteiger partial charge in [0.05, 0.1) is 12.2 Å². The third kappa shape index (κ3) is 4.24. The summed E-state index contributed by atoms with van der Waals surface area (Å²) in [5.41, 5.74) is 2.22. The Morgan fingerprint density at radius 1 is 1.03 bits per heavy atom. The lowest BCUT2D eigenvalue weighted by Gasteiger charge is -2.26. The standard InChI is InChI=1S/C22H28F2N6/c23-22(24)7-11-30(14-22)21-27-18(16-4-8-25-9-5-16)13-20(29-21)28-19-12-17(6-10-26-19)15-2-1-3-15/h6,10,12-13,15-16,25H,1-5,7-9,11,14H2,(H,26,27,28,29). The molecule has 8 heteroatoms. The van der Waals surface area contributed by atoms with Crippen LogP contribution in [0.2, 0.25) is 0 Å². The van der Waals surface area contributed by atoms with E-state index in [0.717, 1.165) is 37.4 Å². The zero-order valence-corrected chi connectivity index (χ0v) is 17.1. The van der Waals surface area contributed by atoms with E-state index in [1.165, 1.54) is 24.8 Å². The molecule has 2 N–H and O–H groups in total. The Labute approximate surface area is 175 Å². The van der Waals surface area contributed by atoms with E-state index >= 15 is 0 Å². The van der Waals surface area contributed by atoms with Gasteiger partial charge in [0.25, 0.3) is 5.92 Å². The molecule has 3 aliphatic rings. The molecule has 160 valence electrons. The van der Waals surface area contributed by atoms with Crippen molar-refractivity contribution in [3.8, 4) is 0 Å². The van der Waals surface area contributed by atoms with E-state index in [4.69, 9.17) is 4.98 Å². The number of hydrogen-bond donors (Lipinski definition) is 2. The molecule has 0 atom stereocenters. The molecule has 6 nitrogen and oxygen atoms in total. The summed E-state index contributed by atoms with van der Waals surface area (Å²) in [7, 11) is 0. The van der Waals surface area contributed by atoms with E-state index in [2.05, 4.69) is 32.7 Å². The van der Waals surface area contributed by atoms with Gasteiger partial charge in [-0.05, 0) is 62.4 Å². The number of anilines is 3. The van der Waals surface area contributed by atoms with Crippen LogP contribution in [0.3, 0.4) is 0 Å². The molecule has 2 aromatic rings. The minimum Gasteiger partial charge on any atom is -0.334 e. The second-order valence-corrected chi connectivity index (χ2v) is 8.76. The van der Waals surface area contributed by atoms with Gasteiger partial charge in [-0.15, -0.1) is 0 Å². The summed E-state index contributed by atoms with van der Waals surface area (Å²) in [6, 6.07) is 6.12. The first-order valence-electron chi connectivity index (χ1n) is 11.0. The molecular weight excluding hydrogens is 386 g/mol. The van der Waals surface area contributed by atoms with Crippen LogP contribution in [-0.2, 0) is 0 Å². The van der Waals surface area contributed by atoms with Crippen LogP contribution < -0.4 is 15.5 Å². The van der Waals surface area contributed by atoms with Gasteiger partial charge in [0.1, 0.15) is 11.6 Å². The van der Waals surface area contributed by atoms with Crippen molar-refractivity contribution in [2.24, 2.45) is 0 Å². The van der Waals surface area contributed by atoms with Crippen LogP contribution in [0, 0.1) is 0 Å². The average Bonchev–Trinajstić information content (AvgIpc) is 3.07. The molecular formula is C22H28F2N6. The number of aromatic nitrogens is 3. The summed E-state index contributed by atoms with van der Waals surface area (Å²) >= 11 is 0. The highest BCUT2D eigenvalue weighted by atomic mass is 19.3. The summed E-state index contributed by atoms with van der Waals surface area (Å²) in [5.74, 6) is 0.00732. The number of hydrogen-bond acceptors (Lipinski definition) is 6. The first-order valence-corrected chi connectivity index (χ1v) is 11.0. The van der Waals surface area contributed by atoms with Crippen LogP contribution in [0.4, 0.5) is 26.4 Å². The van der Waals surface area contributed by atoms with Gasteiger partial charge < -0.3 is 15.5 Å². The predicted molar refractivity (Wildman–Crippen MR) is 113 cm³/mol. The molecule has 0 radical (unpaired) electrons. The van der Waals surface area contributed by atoms with Gasteiger partial charge in [-0.25, -0.2) is 18.7 Å². The maximum atomic E-state index is 13.8. The number of rotatable bonds is 5. The summed E-state index contributed by atoms with van der Waals surface area (Å²) in [5, 5.41) is 6.69. The van der Waals surface area contributed by atoms with Crippen LogP contribution >= 0.6 is 0 Å². The second kappa shape index (κ2) is 8.06. The number of nitrogens with one attached hydrogen (secondary N) is 2. The normalized spacial score (nSPS) is 22.1. The van der Waals surface area contributed by atoms with Crippen molar-refractivity contribution < 1.29 is 8.78 Å². The lowest BCUT2D eigenvalue weighted by Crippen LogP contribution is -2.29. The molecule has 2 aliphatic heterocycles. The molecule has 1 saturated carbocycles. The van der Waals surface area contributed by atoms with Crippen molar-refractivity contribution in [3.63, 3.8) is 0 Å². The summed E-state index contributed by atoms with van der Waals surface area (Å²) in [6.45, 7) is 1.84. The van der Waals surface area contributed by atoms with Gasteiger partial charge in [-0.1, -0.05) is 6.42 Å². The van der Waals surface area contributed by atoms with Crippen molar-refractivity contribution in [2.75, 3.05) is 36.4 Å². The fourth-order valence-corrected chi connectivity index (χ4v) is 4.53. The maximum Gasteiger partial charge on any atom is 0.267 e. The largest absolute Gasteiger partial charge is 0.334 e. The van der Waals surface area contributed by atoms with Crippen molar-refractivity contribution in [2.45, 2.75) is 56.3 Å². The molecule has 2 saturated heterocycles. The minimum atomic E-state index is -2.68. The Morgan fingerprint density at radius 3 is 2.57 bits per heavy atom. The van der Waals surface area contributed by atoms with Gasteiger partial charge >= 0.3 is 0 Å². The molecule has 30 heavy (non-hydrogen) atoms. The van der Waals surface area contributed by atoms with Crippen LogP contribution in [0.15, 0.2) is 24.4 Å². The molecule has 0 aromatic carbocycles. The molecule has 2 aromatic heterocycles. The van der Waals surface area contributed by atoms with Gasteiger partial charge in [-0.3, -0.25) is 0 Å². The molecule has 4 heterocycles. The monoisotopic (exact) mass is 414 g/mol. The first kappa shape index (κ1) is 19.6. The number of pyridine rings is 1. The van der Waals surface area contributed by atoms with E-state index in [0.29, 0.717) is 23.6 Å². The zero-order chi connectivity index (χ0) is 20.6. The quantitative estimate of drug-likeness (QED) is 0.765. The van der Waals surface area contributed by atoms with Crippen LogP contribution in [0.25, 0.3) is 0 Å². The number of halogens is 2. The van der Waals surface area contributed by atoms with Crippen molar-refractivity contribution in [3.05, 3.63) is 35.7 Å². The fourth-order valence-electron chi connectivity index (χ4n) is 4.53. The lowest BCUT2D eigenvalue weighted by atomic mass is 9.80. The molecule has 0 bridgehead atoms. The first-order chi connectivity index (χ1) is 14.6. The van der Waals surface area contributed by atoms with Gasteiger partial charge in [-0.2, -0.15) is 4.98 Å². The van der Waals surface area contributed by atoms with Crippen LogP contribution in [0.5, 0.6) is 0 Å². The highest BCUT2D eigenvalue weighted by Gasteiger charge is 2.39. The smallest absolute Gasteiger partial charge is 0.267 e. The van der Waals surface area contributed by atoms with Crippen molar-refractivity contribution in [1.82, 2.24) is 20.3 Å². The number of piperidine rings is 1. The predicted octanol–water partition coefficient (Wildman–Crippen LogP) is 4.20. The van der Waals surface area contributed by atoms with Gasteiger partial charge in [0.2, 0.25) is 5.95 Å². The third-order valence-electron chi connectivity index (χ3n) is 6.56. The van der Waals surface area contributed by atoms with E-state index < -0.39 is 5.92 Å². The highest BCUT2D eigenvalue weighted by molar-refractivity contribution is 5.56. The Kier molecular flexibility index (Phi) is 5.26. The Hall–Kier alpha value is -2.35. The molecule has 0 spiro atoms. The van der Waals surface area contributed by atoms with E-state index in [1.54, 1.807) is 4.90 Å². The third-order valence-corrected chi connectivity index (χ3v) is 6.56. The van der Waals surface area contributed by atoms with E-state index in [1.807, 2.05) is 12.3 Å². The topological polar surface area (TPSA) is 66.0 Å². The van der Waals surface area contributed by atoms with E-state index in [9.17, 15) is 8.78 Å². The average molecular weight is 415 g/mol. The zero-order valence-electron chi connectivity index (χ0n) is 17.1. The summed E-state index contributed by atoms with van der Waals surface area (Å²) in [6.07, 6.45) is 7.39. The van der Waals surface area contributed by atoms with Crippen molar-refractivity contribution in [1.29, 1.82) is 0 Å². The summed E-state index contributed by atoms with van der Waals surface area (Å²) < 4.78 is 27.6. The van der Waals surface area contributed by atoms with Crippen LogP contribution in [-0.4, -0.2) is 47.1 Å². The fraction of sp³-hybridized carbons (Fsp3) is 0.591. The number of nitrogens with zero attached hydrogens (tertiary/aromatic N) is 4. The number of alkyl halides is 2. The van der Waals surface area contributed by atoms with E-state index in [-0.39, 0.29) is 19.5 Å². The Morgan fingerprint density at radius 2 is 1.87 bits per heavy atom. The molecule has 3 fully saturated rings. The summed E-state index contributed by atoms with van der Waals surface area (Å²) in [4.78, 5) is 15.4. The maximum absolute atomic E-state index is 13.8. The lowest BCUT2D eigenvalue weighted by molar-refractivity contribution is 0.0256. The van der Waals surface area contributed by atoms with Crippen molar-refractivity contribution >= 4 is 17.6 Å². The highest BCUT2D eigenvalue weighted by Crippen LogP contribution is 2.37. The second-order valence-electron chi connectivity index (χ2n) is 8.76. The molecule has 0 amide bonds.